The number of rotatable bonds is 3. The third-order valence-electron chi connectivity index (χ3n) is 3.35. The van der Waals surface area contributed by atoms with Gasteiger partial charge in [0.1, 0.15) is 11.9 Å². The van der Waals surface area contributed by atoms with Crippen molar-refractivity contribution in [3.05, 3.63) is 42.2 Å². The molecule has 1 aromatic carbocycles. The summed E-state index contributed by atoms with van der Waals surface area (Å²) in [6, 6.07) is 5.14. The van der Waals surface area contributed by atoms with Crippen molar-refractivity contribution in [2.24, 2.45) is 0 Å². The van der Waals surface area contributed by atoms with Crippen LogP contribution in [0.15, 0.2) is 36.7 Å². The molecule has 0 bridgehead atoms. The highest BCUT2D eigenvalue weighted by atomic mass is 19.4. The molecule has 2 aromatic rings. The molecule has 0 amide bonds. The Labute approximate surface area is 119 Å². The van der Waals surface area contributed by atoms with E-state index in [1.54, 1.807) is 10.9 Å². The molecule has 4 nitrogen and oxygen atoms in total. The molecule has 2 heterocycles. The molecule has 21 heavy (non-hydrogen) atoms. The van der Waals surface area contributed by atoms with E-state index in [4.69, 9.17) is 4.74 Å². The molecule has 0 aliphatic carbocycles. The number of alkyl halides is 3. The van der Waals surface area contributed by atoms with Gasteiger partial charge >= 0.3 is 6.18 Å². The van der Waals surface area contributed by atoms with E-state index >= 15 is 0 Å². The first-order valence-electron chi connectivity index (χ1n) is 6.65. The van der Waals surface area contributed by atoms with E-state index in [9.17, 15) is 13.2 Å². The first-order chi connectivity index (χ1) is 10.0. The first-order valence-corrected chi connectivity index (χ1v) is 6.65. The summed E-state index contributed by atoms with van der Waals surface area (Å²) in [4.78, 5) is 0. The smallest absolute Gasteiger partial charge is 0.419 e. The topological polar surface area (TPSA) is 39.1 Å². The van der Waals surface area contributed by atoms with Crippen LogP contribution >= 0.6 is 0 Å². The molecule has 1 atom stereocenters. The van der Waals surface area contributed by atoms with Gasteiger partial charge < -0.3 is 4.74 Å². The Morgan fingerprint density at radius 2 is 2.10 bits per heavy atom. The van der Waals surface area contributed by atoms with Crippen molar-refractivity contribution in [1.82, 2.24) is 15.1 Å². The fourth-order valence-corrected chi connectivity index (χ4v) is 2.35. The molecular formula is C14H14F3N3O. The van der Waals surface area contributed by atoms with E-state index in [0.29, 0.717) is 5.75 Å². The van der Waals surface area contributed by atoms with Crippen LogP contribution in [-0.2, 0) is 6.18 Å². The number of halogens is 3. The van der Waals surface area contributed by atoms with Crippen molar-refractivity contribution in [3.63, 3.8) is 0 Å². The highest BCUT2D eigenvalue weighted by Gasteiger charge is 2.34. The molecule has 1 unspecified atom stereocenters. The van der Waals surface area contributed by atoms with Crippen LogP contribution in [0, 0.1) is 0 Å². The summed E-state index contributed by atoms with van der Waals surface area (Å²) in [5.74, 6) is 0.0735. The molecule has 0 saturated carbocycles. The van der Waals surface area contributed by atoms with Gasteiger partial charge in [-0.2, -0.15) is 18.3 Å². The summed E-state index contributed by atoms with van der Waals surface area (Å²) in [5.41, 5.74) is -0.795. The molecule has 112 valence electrons. The van der Waals surface area contributed by atoms with Crippen LogP contribution < -0.4 is 10.1 Å². The van der Waals surface area contributed by atoms with Crippen LogP contribution in [0.25, 0.3) is 0 Å². The fourth-order valence-electron chi connectivity index (χ4n) is 2.35. The first kappa shape index (κ1) is 13.9. The Bertz CT molecular complexity index is 618. The van der Waals surface area contributed by atoms with Gasteiger partial charge in [-0.3, -0.25) is 10.00 Å². The lowest BCUT2D eigenvalue weighted by molar-refractivity contribution is -0.138. The van der Waals surface area contributed by atoms with E-state index in [-0.39, 0.29) is 11.9 Å². The number of nitrogens with one attached hydrogen (secondary N) is 1. The molecule has 1 aromatic heterocycles. The Morgan fingerprint density at radius 3 is 2.81 bits per heavy atom. The molecular weight excluding hydrogens is 283 g/mol. The number of aromatic nitrogens is 2. The predicted octanol–water partition coefficient (Wildman–Crippen LogP) is 3.58. The highest BCUT2D eigenvalue weighted by Crippen LogP contribution is 2.37. The van der Waals surface area contributed by atoms with Gasteiger partial charge in [0.15, 0.2) is 5.75 Å². The van der Waals surface area contributed by atoms with Gasteiger partial charge in [0.2, 0.25) is 0 Å². The molecule has 0 spiro atoms. The Hall–Kier alpha value is -2.02. The zero-order valence-electron chi connectivity index (χ0n) is 11.1. The third-order valence-corrected chi connectivity index (χ3v) is 3.35. The summed E-state index contributed by atoms with van der Waals surface area (Å²) in [7, 11) is 0. The minimum Gasteiger partial charge on any atom is -0.453 e. The van der Waals surface area contributed by atoms with Gasteiger partial charge in [-0.15, -0.1) is 0 Å². The number of ether oxygens (including phenoxy) is 1. The number of hydrogen-bond donors (Lipinski definition) is 1. The van der Waals surface area contributed by atoms with Gasteiger partial charge in [0, 0.05) is 0 Å². The largest absolute Gasteiger partial charge is 0.453 e. The second-order valence-corrected chi connectivity index (χ2v) is 4.86. The van der Waals surface area contributed by atoms with Gasteiger partial charge in [0.05, 0.1) is 18.0 Å². The molecule has 1 saturated heterocycles. The number of nitrogens with zero attached hydrogens (tertiary/aromatic N) is 2. The van der Waals surface area contributed by atoms with Crippen molar-refractivity contribution >= 4 is 0 Å². The van der Waals surface area contributed by atoms with Crippen LogP contribution in [-0.4, -0.2) is 16.3 Å². The zero-order valence-corrected chi connectivity index (χ0v) is 11.1. The number of hydrogen-bond acceptors (Lipinski definition) is 3. The highest BCUT2D eigenvalue weighted by molar-refractivity contribution is 5.38. The monoisotopic (exact) mass is 297 g/mol. The standard InChI is InChI=1S/C14H14F3N3O/c15-14(16,17)11-4-1-2-5-12(11)21-10-8-19-20(9-10)13-6-3-7-18-13/h1-2,4-5,8-9,13,18H,3,6-7H2. The van der Waals surface area contributed by atoms with Crippen LogP contribution in [0.3, 0.4) is 0 Å². The normalized spacial score (nSPS) is 18.9. The molecule has 1 aliphatic rings. The van der Waals surface area contributed by atoms with E-state index in [1.165, 1.54) is 24.4 Å². The maximum absolute atomic E-state index is 12.9. The lowest BCUT2D eigenvalue weighted by atomic mass is 10.2. The lowest BCUT2D eigenvalue weighted by Crippen LogP contribution is -2.19. The third kappa shape index (κ3) is 3.02. The van der Waals surface area contributed by atoms with Gasteiger partial charge in [-0.25, -0.2) is 0 Å². The average Bonchev–Trinajstić information content (AvgIpc) is 3.08. The average molecular weight is 297 g/mol. The summed E-state index contributed by atoms with van der Waals surface area (Å²) in [6.07, 6.45) is 0.668. The van der Waals surface area contributed by atoms with Crippen LogP contribution in [0.4, 0.5) is 13.2 Å². The van der Waals surface area contributed by atoms with Gasteiger partial charge in [0.25, 0.3) is 0 Å². The van der Waals surface area contributed by atoms with Gasteiger partial charge in [-0.1, -0.05) is 12.1 Å². The van der Waals surface area contributed by atoms with Crippen molar-refractivity contribution in [2.75, 3.05) is 6.54 Å². The van der Waals surface area contributed by atoms with Crippen LogP contribution in [0.1, 0.15) is 24.6 Å². The number of benzene rings is 1. The second kappa shape index (κ2) is 5.40. The minimum atomic E-state index is -4.44. The molecule has 1 aliphatic heterocycles. The van der Waals surface area contributed by atoms with Crippen LogP contribution in [0.5, 0.6) is 11.5 Å². The zero-order chi connectivity index (χ0) is 14.9. The molecule has 1 N–H and O–H groups in total. The maximum atomic E-state index is 12.9. The molecule has 1 fully saturated rings. The Kier molecular flexibility index (Phi) is 3.59. The van der Waals surface area contributed by atoms with Crippen molar-refractivity contribution in [3.8, 4) is 11.5 Å². The Morgan fingerprint density at radius 1 is 1.29 bits per heavy atom. The molecule has 7 heteroatoms. The lowest BCUT2D eigenvalue weighted by Gasteiger charge is -2.12. The van der Waals surface area contributed by atoms with Crippen molar-refractivity contribution < 1.29 is 17.9 Å². The van der Waals surface area contributed by atoms with Crippen molar-refractivity contribution in [2.45, 2.75) is 25.2 Å². The summed E-state index contributed by atoms with van der Waals surface area (Å²) in [5, 5.41) is 7.38. The fraction of sp³-hybridized carbons (Fsp3) is 0.357. The summed E-state index contributed by atoms with van der Waals surface area (Å²) >= 11 is 0. The molecule has 3 rings (SSSR count). The summed E-state index contributed by atoms with van der Waals surface area (Å²) in [6.45, 7) is 0.914. The van der Waals surface area contributed by atoms with Crippen LogP contribution in [0.2, 0.25) is 0 Å². The van der Waals surface area contributed by atoms with Crippen molar-refractivity contribution in [1.29, 1.82) is 0 Å². The number of para-hydroxylation sites is 1. The Balaban J connectivity index is 1.81. The second-order valence-electron chi connectivity index (χ2n) is 4.86. The van der Waals surface area contributed by atoms with E-state index in [1.807, 2.05) is 0 Å². The predicted molar refractivity (Wildman–Crippen MR) is 70.0 cm³/mol. The van der Waals surface area contributed by atoms with E-state index in [2.05, 4.69) is 10.4 Å². The quantitative estimate of drug-likeness (QED) is 0.941. The minimum absolute atomic E-state index is 0.0835. The van der Waals surface area contributed by atoms with Gasteiger partial charge in [-0.05, 0) is 31.5 Å². The van der Waals surface area contributed by atoms with E-state index in [0.717, 1.165) is 25.5 Å². The van der Waals surface area contributed by atoms with E-state index < -0.39 is 11.7 Å². The SMILES string of the molecule is FC(F)(F)c1ccccc1Oc1cnn(C2CCCN2)c1. The molecule has 0 radical (unpaired) electrons. The maximum Gasteiger partial charge on any atom is 0.419 e. The summed E-state index contributed by atoms with van der Waals surface area (Å²) < 4.78 is 45.7.